The quantitative estimate of drug-likeness (QED) is 0.706. The van der Waals surface area contributed by atoms with Crippen molar-refractivity contribution in [3.05, 3.63) is 17.7 Å². The van der Waals surface area contributed by atoms with Crippen molar-refractivity contribution >= 4 is 11.8 Å². The molecule has 0 heterocycles. The van der Waals surface area contributed by atoms with Crippen LogP contribution >= 0.6 is 11.8 Å². The van der Waals surface area contributed by atoms with Crippen LogP contribution in [0.15, 0.2) is 12.1 Å². The monoisotopic (exact) mass is 285 g/mol. The Hall–Kier alpha value is -1.07. The van der Waals surface area contributed by atoms with Gasteiger partial charge in [0.15, 0.2) is 11.5 Å². The number of methoxy groups -OCH3 is 2. The van der Waals surface area contributed by atoms with E-state index in [1.807, 2.05) is 23.9 Å². The molecule has 0 radical (unpaired) electrons. The van der Waals surface area contributed by atoms with Crippen LogP contribution in [0.4, 0.5) is 0 Å². The number of benzene rings is 1. The Kier molecular flexibility index (Phi) is 7.52. The van der Waals surface area contributed by atoms with E-state index in [1.165, 1.54) is 0 Å². The van der Waals surface area contributed by atoms with Gasteiger partial charge < -0.3 is 19.9 Å². The van der Waals surface area contributed by atoms with E-state index in [9.17, 15) is 0 Å². The van der Waals surface area contributed by atoms with Gasteiger partial charge >= 0.3 is 0 Å². The number of nitrogens with two attached hydrogens (primary N) is 1. The van der Waals surface area contributed by atoms with Crippen molar-refractivity contribution in [3.63, 3.8) is 0 Å². The number of rotatable bonds is 9. The molecule has 0 fully saturated rings. The molecule has 0 unspecified atom stereocenters. The molecule has 0 saturated carbocycles. The maximum absolute atomic E-state index is 5.79. The van der Waals surface area contributed by atoms with Crippen molar-refractivity contribution in [1.82, 2.24) is 0 Å². The van der Waals surface area contributed by atoms with E-state index in [1.54, 1.807) is 14.2 Å². The smallest absolute Gasteiger partial charge is 0.203 e. The third-order valence-corrected chi connectivity index (χ3v) is 3.39. The molecular formula is C14H23NO3S. The van der Waals surface area contributed by atoms with Crippen LogP contribution in [0, 0.1) is 0 Å². The standard InChI is InChI=1S/C14H23NO3S/c1-16-12-9-11(5-6-15)10-13(17-2)14(12)18-7-4-8-19-3/h9-10H,4-8,15H2,1-3H3. The van der Waals surface area contributed by atoms with Gasteiger partial charge in [0.2, 0.25) is 5.75 Å². The minimum atomic E-state index is 0.597. The topological polar surface area (TPSA) is 53.7 Å². The van der Waals surface area contributed by atoms with Crippen LogP contribution in [0.3, 0.4) is 0 Å². The fourth-order valence-electron chi connectivity index (χ4n) is 1.76. The first-order chi connectivity index (χ1) is 9.26. The van der Waals surface area contributed by atoms with E-state index >= 15 is 0 Å². The van der Waals surface area contributed by atoms with Crippen molar-refractivity contribution in [3.8, 4) is 17.2 Å². The molecule has 1 aromatic rings. The Morgan fingerprint density at radius 3 is 2.26 bits per heavy atom. The summed E-state index contributed by atoms with van der Waals surface area (Å²) in [4.78, 5) is 0. The van der Waals surface area contributed by atoms with Crippen LogP contribution in [0.2, 0.25) is 0 Å². The molecule has 108 valence electrons. The molecule has 4 nitrogen and oxygen atoms in total. The molecule has 0 aromatic heterocycles. The van der Waals surface area contributed by atoms with Crippen LogP contribution in [0.25, 0.3) is 0 Å². The first-order valence-corrected chi connectivity index (χ1v) is 7.72. The summed E-state index contributed by atoms with van der Waals surface area (Å²) in [7, 11) is 3.27. The lowest BCUT2D eigenvalue weighted by molar-refractivity contribution is 0.275. The van der Waals surface area contributed by atoms with Gasteiger partial charge in [0.25, 0.3) is 0 Å². The van der Waals surface area contributed by atoms with E-state index in [2.05, 4.69) is 6.26 Å². The summed E-state index contributed by atoms with van der Waals surface area (Å²) in [6.45, 7) is 1.25. The van der Waals surface area contributed by atoms with Crippen LogP contribution in [0.5, 0.6) is 17.2 Å². The molecule has 19 heavy (non-hydrogen) atoms. The molecule has 2 N–H and O–H groups in total. The zero-order valence-electron chi connectivity index (χ0n) is 11.9. The Labute approximate surface area is 119 Å². The van der Waals surface area contributed by atoms with Gasteiger partial charge in [-0.25, -0.2) is 0 Å². The molecule has 0 bridgehead atoms. The largest absolute Gasteiger partial charge is 0.493 e. The van der Waals surface area contributed by atoms with E-state index in [-0.39, 0.29) is 0 Å². The van der Waals surface area contributed by atoms with E-state index in [0.29, 0.717) is 30.4 Å². The summed E-state index contributed by atoms with van der Waals surface area (Å²) in [6.07, 6.45) is 3.88. The Balaban J connectivity index is 2.86. The highest BCUT2D eigenvalue weighted by Crippen LogP contribution is 2.38. The lowest BCUT2D eigenvalue weighted by Crippen LogP contribution is -2.06. The van der Waals surface area contributed by atoms with Crippen molar-refractivity contribution in [2.45, 2.75) is 12.8 Å². The summed E-state index contributed by atoms with van der Waals surface area (Å²) in [6, 6.07) is 3.92. The minimum absolute atomic E-state index is 0.597. The third-order valence-electron chi connectivity index (χ3n) is 2.69. The maximum atomic E-state index is 5.79. The number of hydrogen-bond donors (Lipinski definition) is 1. The number of hydrogen-bond acceptors (Lipinski definition) is 5. The Bertz CT molecular complexity index is 360. The molecule has 0 amide bonds. The second kappa shape index (κ2) is 8.93. The highest BCUT2D eigenvalue weighted by atomic mass is 32.2. The van der Waals surface area contributed by atoms with Crippen molar-refractivity contribution in [1.29, 1.82) is 0 Å². The molecule has 0 saturated heterocycles. The zero-order chi connectivity index (χ0) is 14.1. The van der Waals surface area contributed by atoms with E-state index < -0.39 is 0 Å². The van der Waals surface area contributed by atoms with Gasteiger partial charge in [0.1, 0.15) is 0 Å². The SMILES string of the molecule is COc1cc(CCN)cc(OC)c1OCCCSC. The Morgan fingerprint density at radius 1 is 1.16 bits per heavy atom. The fourth-order valence-corrected chi connectivity index (χ4v) is 2.17. The molecular weight excluding hydrogens is 262 g/mol. The normalized spacial score (nSPS) is 10.3. The van der Waals surface area contributed by atoms with E-state index in [4.69, 9.17) is 19.9 Å². The van der Waals surface area contributed by atoms with Gasteiger partial charge in [0, 0.05) is 0 Å². The van der Waals surface area contributed by atoms with Gasteiger partial charge in [-0.2, -0.15) is 11.8 Å². The number of ether oxygens (including phenoxy) is 3. The first kappa shape index (κ1) is 16.0. The average molecular weight is 285 g/mol. The molecule has 5 heteroatoms. The molecule has 0 spiro atoms. The summed E-state index contributed by atoms with van der Waals surface area (Å²) in [5, 5.41) is 0. The second-order valence-electron chi connectivity index (χ2n) is 4.06. The van der Waals surface area contributed by atoms with Gasteiger partial charge in [-0.1, -0.05) is 0 Å². The van der Waals surface area contributed by atoms with Crippen LogP contribution < -0.4 is 19.9 Å². The summed E-state index contributed by atoms with van der Waals surface area (Å²) in [5.41, 5.74) is 6.67. The highest BCUT2D eigenvalue weighted by Gasteiger charge is 2.13. The Morgan fingerprint density at radius 2 is 1.79 bits per heavy atom. The molecule has 1 rings (SSSR count). The highest BCUT2D eigenvalue weighted by molar-refractivity contribution is 7.98. The summed E-state index contributed by atoms with van der Waals surface area (Å²) in [5.74, 6) is 3.15. The summed E-state index contributed by atoms with van der Waals surface area (Å²) < 4.78 is 16.6. The van der Waals surface area contributed by atoms with Crippen LogP contribution in [-0.2, 0) is 6.42 Å². The predicted octanol–water partition coefficient (Wildman–Crippen LogP) is 2.34. The molecule has 0 aliphatic heterocycles. The van der Waals surface area contributed by atoms with Crippen LogP contribution in [0.1, 0.15) is 12.0 Å². The molecule has 0 atom stereocenters. The molecule has 0 aliphatic carbocycles. The lowest BCUT2D eigenvalue weighted by Gasteiger charge is -2.16. The zero-order valence-corrected chi connectivity index (χ0v) is 12.7. The van der Waals surface area contributed by atoms with Crippen molar-refractivity contribution in [2.75, 3.05) is 39.4 Å². The van der Waals surface area contributed by atoms with Gasteiger partial charge in [-0.05, 0) is 49.1 Å². The maximum Gasteiger partial charge on any atom is 0.203 e. The second-order valence-corrected chi connectivity index (χ2v) is 5.05. The fraction of sp³-hybridized carbons (Fsp3) is 0.571. The predicted molar refractivity (Wildman–Crippen MR) is 80.8 cm³/mol. The van der Waals surface area contributed by atoms with Gasteiger partial charge in [-0.3, -0.25) is 0 Å². The molecule has 0 aliphatic rings. The van der Waals surface area contributed by atoms with Gasteiger partial charge in [0.05, 0.1) is 20.8 Å². The van der Waals surface area contributed by atoms with Crippen molar-refractivity contribution < 1.29 is 14.2 Å². The minimum Gasteiger partial charge on any atom is -0.493 e. The first-order valence-electron chi connectivity index (χ1n) is 6.33. The van der Waals surface area contributed by atoms with Crippen LogP contribution in [-0.4, -0.2) is 39.4 Å². The van der Waals surface area contributed by atoms with Gasteiger partial charge in [-0.15, -0.1) is 0 Å². The summed E-state index contributed by atoms with van der Waals surface area (Å²) >= 11 is 1.81. The van der Waals surface area contributed by atoms with Crippen molar-refractivity contribution in [2.24, 2.45) is 5.73 Å². The number of thioether (sulfide) groups is 1. The van der Waals surface area contributed by atoms with E-state index in [0.717, 1.165) is 24.2 Å². The average Bonchev–Trinajstić information content (AvgIpc) is 2.44. The lowest BCUT2D eigenvalue weighted by atomic mass is 10.1. The molecule has 1 aromatic carbocycles. The third kappa shape index (κ3) is 4.84.